The molecule has 72 heavy (non-hydrogen) atoms. The normalized spacial score (nSPS) is 11.3. The van der Waals surface area contributed by atoms with Crippen molar-refractivity contribution < 1.29 is 192 Å². The first-order valence-electron chi connectivity index (χ1n) is 20.5. The molecule has 21 nitrogen and oxygen atoms in total. The van der Waals surface area contributed by atoms with E-state index in [2.05, 4.69) is 0 Å². The monoisotopic (exact) mass is 1030 g/mol. The van der Waals surface area contributed by atoms with Gasteiger partial charge in [0, 0.05) is 19.3 Å². The van der Waals surface area contributed by atoms with Gasteiger partial charge in [0.2, 0.25) is 0 Å². The molecule has 372 valence electrons. The first-order valence-corrected chi connectivity index (χ1v) is 20.5. The standard InChI is InChI=1S/3C16H18O7.3Na/c3*1-9(2)14(16(21)22)12(15(19)20)7-10-3-5-11(6-4-10)23-8-13(17)18;;;/h3*3-6,9H,7-8H2,1-2H3,(H,17,18)(H,19,20)(H,21,22);;;/q;;;3*+1/p-3. The van der Waals surface area contributed by atoms with Crippen LogP contribution in [0.5, 0.6) is 17.2 Å². The molecule has 0 radical (unpaired) electrons. The van der Waals surface area contributed by atoms with Crippen LogP contribution in [0, 0.1) is 17.8 Å². The molecule has 0 atom stereocenters. The van der Waals surface area contributed by atoms with E-state index in [9.17, 15) is 89.1 Å². The Morgan fingerprint density at radius 3 is 0.667 bits per heavy atom. The number of carbonyl (C=O) groups excluding carboxylic acids is 3. The van der Waals surface area contributed by atoms with E-state index in [0.29, 0.717) is 33.9 Å². The van der Waals surface area contributed by atoms with Gasteiger partial charge in [0.25, 0.3) is 0 Å². The van der Waals surface area contributed by atoms with Crippen molar-refractivity contribution in [2.24, 2.45) is 17.8 Å². The molecule has 0 aromatic heterocycles. The zero-order valence-electron chi connectivity index (χ0n) is 41.2. The van der Waals surface area contributed by atoms with Crippen LogP contribution < -0.4 is 118 Å². The second kappa shape index (κ2) is 35.6. The summed E-state index contributed by atoms with van der Waals surface area (Å²) >= 11 is 0. The van der Waals surface area contributed by atoms with E-state index in [4.69, 9.17) is 14.2 Å². The number of ether oxygens (including phenoxy) is 3. The third-order valence-corrected chi connectivity index (χ3v) is 9.16. The molecule has 0 aliphatic rings. The Labute approximate surface area is 480 Å². The smallest absolute Gasteiger partial charge is 0.546 e. The molecule has 0 unspecified atom stereocenters. The predicted molar refractivity (Wildman–Crippen MR) is 233 cm³/mol. The molecule has 0 amide bonds. The second-order valence-corrected chi connectivity index (χ2v) is 15.4. The van der Waals surface area contributed by atoms with Crippen LogP contribution in [0.3, 0.4) is 0 Å². The van der Waals surface area contributed by atoms with E-state index in [1.807, 2.05) is 0 Å². The van der Waals surface area contributed by atoms with Crippen molar-refractivity contribution in [3.63, 3.8) is 0 Å². The van der Waals surface area contributed by atoms with Crippen LogP contribution in [0.1, 0.15) is 58.2 Å². The average Bonchev–Trinajstić information content (AvgIpc) is 3.24. The van der Waals surface area contributed by atoms with Crippen molar-refractivity contribution in [1.82, 2.24) is 0 Å². The minimum Gasteiger partial charge on any atom is -0.546 e. The molecule has 3 aromatic carbocycles. The van der Waals surface area contributed by atoms with Gasteiger partial charge in [-0.1, -0.05) is 77.9 Å². The van der Waals surface area contributed by atoms with Gasteiger partial charge in [0.1, 0.15) is 37.1 Å². The molecule has 0 spiro atoms. The summed E-state index contributed by atoms with van der Waals surface area (Å²) in [5, 5.41) is 86.4. The van der Waals surface area contributed by atoms with Crippen molar-refractivity contribution in [2.45, 2.75) is 60.8 Å². The third-order valence-electron chi connectivity index (χ3n) is 9.16. The fourth-order valence-electron chi connectivity index (χ4n) is 6.18. The number of benzene rings is 3. The van der Waals surface area contributed by atoms with Gasteiger partial charge in [0.05, 0.1) is 51.3 Å². The van der Waals surface area contributed by atoms with Crippen LogP contribution in [0.15, 0.2) is 106 Å². The van der Waals surface area contributed by atoms with Gasteiger partial charge in [-0.3, -0.25) is 0 Å². The number of carbonyl (C=O) groups is 9. The molecule has 0 saturated heterocycles. The predicted octanol–water partition coefficient (Wildman–Crippen LogP) is -7.55. The van der Waals surface area contributed by atoms with E-state index >= 15 is 0 Å². The van der Waals surface area contributed by atoms with Crippen LogP contribution in [0.2, 0.25) is 0 Å². The Bertz CT molecular complexity index is 2170. The summed E-state index contributed by atoms with van der Waals surface area (Å²) in [4.78, 5) is 98.9. The molecule has 3 aromatic rings. The van der Waals surface area contributed by atoms with E-state index in [1.165, 1.54) is 36.4 Å². The fourth-order valence-corrected chi connectivity index (χ4v) is 6.18. The topological polar surface area (TPSA) is 372 Å². The van der Waals surface area contributed by atoms with Gasteiger partial charge >= 0.3 is 124 Å². The molecular formula is C48H51Na3O21. The van der Waals surface area contributed by atoms with E-state index < -0.39 is 91.3 Å². The van der Waals surface area contributed by atoms with Crippen molar-refractivity contribution in [1.29, 1.82) is 0 Å². The van der Waals surface area contributed by atoms with Crippen molar-refractivity contribution in [3.8, 4) is 17.2 Å². The van der Waals surface area contributed by atoms with E-state index in [1.54, 1.807) is 77.9 Å². The third kappa shape index (κ3) is 26.3. The number of carboxylic acid groups (broad SMARTS) is 9. The summed E-state index contributed by atoms with van der Waals surface area (Å²) in [7, 11) is 0. The molecule has 0 bridgehead atoms. The number of aliphatic carboxylic acids is 9. The largest absolute Gasteiger partial charge is 1.00 e. The zero-order chi connectivity index (χ0) is 52.7. The molecular weight excluding hydrogens is 981 g/mol. The first kappa shape index (κ1) is 70.8. The van der Waals surface area contributed by atoms with Gasteiger partial charge in [-0.25, -0.2) is 28.8 Å². The molecule has 0 aliphatic heterocycles. The maximum atomic E-state index is 11.4. The molecule has 0 aliphatic carbocycles. The molecule has 6 N–H and O–H groups in total. The van der Waals surface area contributed by atoms with Gasteiger partial charge < -0.3 is 74.6 Å². The van der Waals surface area contributed by atoms with E-state index in [-0.39, 0.29) is 141 Å². The van der Waals surface area contributed by atoms with Crippen LogP contribution >= 0.6 is 0 Å². The molecule has 0 fully saturated rings. The average molecular weight is 1030 g/mol. The summed E-state index contributed by atoms with van der Waals surface area (Å²) < 4.78 is 14.7. The van der Waals surface area contributed by atoms with Crippen LogP contribution in [-0.2, 0) is 62.4 Å². The number of carboxylic acids is 9. The van der Waals surface area contributed by atoms with Crippen LogP contribution in [0.25, 0.3) is 0 Å². The quantitative estimate of drug-likeness (QED) is 0.0358. The summed E-state index contributed by atoms with van der Waals surface area (Å²) in [6, 6.07) is 18.2. The maximum absolute atomic E-state index is 11.4. The molecule has 3 rings (SSSR count). The second-order valence-electron chi connectivity index (χ2n) is 15.4. The van der Waals surface area contributed by atoms with Crippen LogP contribution in [-0.4, -0.2) is 104 Å². The number of rotatable bonds is 24. The Morgan fingerprint density at radius 1 is 0.361 bits per heavy atom. The Kier molecular flexibility index (Phi) is 35.0. The first-order chi connectivity index (χ1) is 32.2. The summed E-state index contributed by atoms with van der Waals surface area (Å²) in [6.45, 7) is 7.92. The number of hydrogen-bond acceptors (Lipinski definition) is 15. The van der Waals surface area contributed by atoms with Gasteiger partial charge in [0.15, 0.2) is 0 Å². The summed E-state index contributed by atoms with van der Waals surface area (Å²) in [5.41, 5.74) is 0.731. The van der Waals surface area contributed by atoms with Crippen molar-refractivity contribution in [2.75, 3.05) is 19.8 Å². The minimum absolute atomic E-state index is 0. The summed E-state index contributed by atoms with van der Waals surface area (Å²) in [5.74, 6) is -12.1. The van der Waals surface area contributed by atoms with Crippen molar-refractivity contribution in [3.05, 3.63) is 123 Å². The fraction of sp³-hybridized carbons (Fsp3) is 0.312. The van der Waals surface area contributed by atoms with Crippen molar-refractivity contribution >= 4 is 53.7 Å². The Hall–Kier alpha value is -5.49. The SMILES string of the molecule is CC(C)C(C(=O)O)=C(Cc1ccc(OCC(=O)[O-])cc1)C(=O)O.CC(C)C(C(=O)O)=C(Cc1ccc(OCC(=O)[O-])cc1)C(=O)O.CC(C)C(C(=O)O)=C(Cc1ccc(OCC(=O)[O-])cc1)C(=O)O.[Na+].[Na+].[Na+]. The summed E-state index contributed by atoms with van der Waals surface area (Å²) in [6.07, 6.45) is -0.179. The van der Waals surface area contributed by atoms with Crippen LogP contribution in [0.4, 0.5) is 0 Å². The van der Waals surface area contributed by atoms with Gasteiger partial charge in [-0.05, 0) is 70.8 Å². The van der Waals surface area contributed by atoms with Gasteiger partial charge in [-0.2, -0.15) is 0 Å². The maximum Gasteiger partial charge on any atom is 1.00 e. The molecule has 0 heterocycles. The van der Waals surface area contributed by atoms with Gasteiger partial charge in [-0.15, -0.1) is 0 Å². The molecule has 24 heteroatoms. The Morgan fingerprint density at radius 2 is 0.542 bits per heavy atom. The zero-order valence-corrected chi connectivity index (χ0v) is 47.2. The minimum atomic E-state index is -1.35. The molecule has 0 saturated carbocycles. The Balaban J connectivity index is -0.000000972. The number of hydrogen-bond donors (Lipinski definition) is 6. The van der Waals surface area contributed by atoms with E-state index in [0.717, 1.165) is 0 Å².